The Kier molecular flexibility index (Phi) is 9.39. The van der Waals surface area contributed by atoms with E-state index in [-0.39, 0.29) is 5.78 Å². The number of carbonyl (C=O) groups is 1. The lowest BCUT2D eigenvalue weighted by atomic mass is 10.0. The van der Waals surface area contributed by atoms with Crippen molar-refractivity contribution in [2.75, 3.05) is 50.8 Å². The second-order valence-electron chi connectivity index (χ2n) is 8.05. The number of ether oxygens (including phenoxy) is 1. The molecule has 30 heavy (non-hydrogen) atoms. The lowest BCUT2D eigenvalue weighted by Crippen LogP contribution is -2.36. The van der Waals surface area contributed by atoms with Crippen molar-refractivity contribution >= 4 is 11.5 Å². The van der Waals surface area contributed by atoms with Crippen LogP contribution in [0.3, 0.4) is 0 Å². The molecule has 4 nitrogen and oxygen atoms in total. The summed E-state index contributed by atoms with van der Waals surface area (Å²) >= 11 is 0. The maximum atomic E-state index is 12.5. The van der Waals surface area contributed by atoms with Gasteiger partial charge in [-0.15, -0.1) is 0 Å². The summed E-state index contributed by atoms with van der Waals surface area (Å²) in [6.45, 7) is 8.91. The molecule has 0 saturated carbocycles. The molecule has 0 bridgehead atoms. The van der Waals surface area contributed by atoms with Crippen LogP contribution in [0.25, 0.3) is 0 Å². The zero-order valence-electron chi connectivity index (χ0n) is 18.4. The number of nitrogens with zero attached hydrogens (tertiary/aromatic N) is 2. The van der Waals surface area contributed by atoms with E-state index in [0.717, 1.165) is 70.8 Å². The molecule has 0 spiro atoms. The van der Waals surface area contributed by atoms with Crippen LogP contribution in [0.2, 0.25) is 0 Å². The second kappa shape index (κ2) is 12.5. The summed E-state index contributed by atoms with van der Waals surface area (Å²) in [6.07, 6.45) is 5.00. The highest BCUT2D eigenvalue weighted by atomic mass is 16.5. The van der Waals surface area contributed by atoms with Crippen LogP contribution in [0.4, 0.5) is 5.69 Å². The molecule has 0 N–H and O–H groups in total. The molecule has 0 aliphatic carbocycles. The van der Waals surface area contributed by atoms with E-state index < -0.39 is 0 Å². The molecule has 1 saturated heterocycles. The fourth-order valence-corrected chi connectivity index (χ4v) is 4.02. The third-order valence-corrected chi connectivity index (χ3v) is 5.92. The molecule has 0 aromatic heterocycles. The minimum atomic E-state index is 0.260. The lowest BCUT2D eigenvalue weighted by Gasteiger charge is -2.28. The standard InChI is InChI=1S/C26H36N2O2/c1-2-27(18-8-11-23-9-4-3-5-10-23)17-7-6-12-26(29)24-13-15-25(16-14-24)28-19-21-30-22-20-28/h3-5,9-10,13-16H,2,6-8,11-12,17-22H2,1H3. The Morgan fingerprint density at radius 1 is 0.933 bits per heavy atom. The van der Waals surface area contributed by atoms with Gasteiger partial charge in [0.1, 0.15) is 0 Å². The predicted octanol–water partition coefficient (Wildman–Crippen LogP) is 4.83. The molecule has 0 radical (unpaired) electrons. The van der Waals surface area contributed by atoms with Gasteiger partial charge < -0.3 is 14.5 Å². The monoisotopic (exact) mass is 408 g/mol. The Balaban J connectivity index is 1.33. The molecule has 162 valence electrons. The molecule has 1 aliphatic heterocycles. The van der Waals surface area contributed by atoms with E-state index in [2.05, 4.69) is 59.2 Å². The number of Topliss-reactive ketones (excluding diaryl/α,β-unsaturated/α-hetero) is 1. The van der Waals surface area contributed by atoms with Gasteiger partial charge in [-0.3, -0.25) is 4.79 Å². The minimum Gasteiger partial charge on any atom is -0.378 e. The number of hydrogen-bond donors (Lipinski definition) is 0. The first kappa shape index (κ1) is 22.5. The number of benzene rings is 2. The van der Waals surface area contributed by atoms with Gasteiger partial charge in [0.2, 0.25) is 0 Å². The Morgan fingerprint density at radius 2 is 1.63 bits per heavy atom. The third kappa shape index (κ3) is 7.26. The van der Waals surface area contributed by atoms with Crippen molar-refractivity contribution in [2.45, 2.75) is 39.0 Å². The molecule has 1 aliphatic rings. The van der Waals surface area contributed by atoms with Crippen molar-refractivity contribution in [3.63, 3.8) is 0 Å². The number of morpholine rings is 1. The fraction of sp³-hybridized carbons (Fsp3) is 0.500. The average Bonchev–Trinajstić information content (AvgIpc) is 2.82. The first-order valence-electron chi connectivity index (χ1n) is 11.5. The molecular weight excluding hydrogens is 372 g/mol. The van der Waals surface area contributed by atoms with E-state index in [0.29, 0.717) is 6.42 Å². The van der Waals surface area contributed by atoms with E-state index in [1.807, 2.05) is 12.1 Å². The molecular formula is C26H36N2O2. The molecule has 0 atom stereocenters. The quantitative estimate of drug-likeness (QED) is 0.372. The summed E-state index contributed by atoms with van der Waals surface area (Å²) in [5, 5.41) is 0. The van der Waals surface area contributed by atoms with Gasteiger partial charge in [-0.05, 0) is 75.1 Å². The van der Waals surface area contributed by atoms with Crippen molar-refractivity contribution in [3.8, 4) is 0 Å². The Hall–Kier alpha value is -2.17. The van der Waals surface area contributed by atoms with Gasteiger partial charge in [0.05, 0.1) is 13.2 Å². The molecule has 3 rings (SSSR count). The largest absolute Gasteiger partial charge is 0.378 e. The molecule has 4 heteroatoms. The summed E-state index contributed by atoms with van der Waals surface area (Å²) in [6, 6.07) is 18.8. The molecule has 2 aromatic carbocycles. The first-order valence-corrected chi connectivity index (χ1v) is 11.5. The number of rotatable bonds is 12. The SMILES string of the molecule is CCN(CCCCC(=O)c1ccc(N2CCOCC2)cc1)CCCc1ccccc1. The van der Waals surface area contributed by atoms with Crippen LogP contribution in [0.1, 0.15) is 48.5 Å². The van der Waals surface area contributed by atoms with Crippen molar-refractivity contribution < 1.29 is 9.53 Å². The number of ketones is 1. The van der Waals surface area contributed by atoms with E-state index in [1.165, 1.54) is 17.7 Å². The maximum absolute atomic E-state index is 12.5. The summed E-state index contributed by atoms with van der Waals surface area (Å²) < 4.78 is 5.41. The van der Waals surface area contributed by atoms with E-state index in [4.69, 9.17) is 4.74 Å². The van der Waals surface area contributed by atoms with Gasteiger partial charge in [0.15, 0.2) is 5.78 Å². The minimum absolute atomic E-state index is 0.260. The number of unbranched alkanes of at least 4 members (excludes halogenated alkanes) is 1. The molecule has 0 unspecified atom stereocenters. The number of hydrogen-bond acceptors (Lipinski definition) is 4. The van der Waals surface area contributed by atoms with Crippen molar-refractivity contribution in [1.29, 1.82) is 0 Å². The van der Waals surface area contributed by atoms with Crippen molar-refractivity contribution in [1.82, 2.24) is 4.90 Å². The summed E-state index contributed by atoms with van der Waals surface area (Å²) in [7, 11) is 0. The summed E-state index contributed by atoms with van der Waals surface area (Å²) in [4.78, 5) is 17.3. The Morgan fingerprint density at radius 3 is 2.33 bits per heavy atom. The van der Waals surface area contributed by atoms with Gasteiger partial charge in [-0.2, -0.15) is 0 Å². The van der Waals surface area contributed by atoms with Crippen LogP contribution < -0.4 is 4.90 Å². The zero-order chi connectivity index (χ0) is 21.0. The van der Waals surface area contributed by atoms with E-state index in [9.17, 15) is 4.79 Å². The van der Waals surface area contributed by atoms with Crippen LogP contribution >= 0.6 is 0 Å². The van der Waals surface area contributed by atoms with Crippen LogP contribution in [0.5, 0.6) is 0 Å². The highest BCUT2D eigenvalue weighted by molar-refractivity contribution is 5.96. The highest BCUT2D eigenvalue weighted by Crippen LogP contribution is 2.18. The third-order valence-electron chi connectivity index (χ3n) is 5.92. The lowest BCUT2D eigenvalue weighted by molar-refractivity contribution is 0.0978. The average molecular weight is 409 g/mol. The summed E-state index contributed by atoms with van der Waals surface area (Å²) in [5.41, 5.74) is 3.44. The fourth-order valence-electron chi connectivity index (χ4n) is 4.02. The molecule has 2 aromatic rings. The van der Waals surface area contributed by atoms with Gasteiger partial charge in [0, 0.05) is 30.8 Å². The van der Waals surface area contributed by atoms with Crippen molar-refractivity contribution in [2.24, 2.45) is 0 Å². The highest BCUT2D eigenvalue weighted by Gasteiger charge is 2.12. The normalized spacial score (nSPS) is 14.3. The smallest absolute Gasteiger partial charge is 0.162 e. The van der Waals surface area contributed by atoms with Gasteiger partial charge in [-0.25, -0.2) is 0 Å². The Bertz CT molecular complexity index is 739. The Labute approximate surface area is 181 Å². The number of aryl methyl sites for hydroxylation is 1. The van der Waals surface area contributed by atoms with Gasteiger partial charge >= 0.3 is 0 Å². The molecule has 1 fully saturated rings. The molecule has 0 amide bonds. The summed E-state index contributed by atoms with van der Waals surface area (Å²) in [5.74, 6) is 0.260. The zero-order valence-corrected chi connectivity index (χ0v) is 18.4. The number of anilines is 1. The number of carbonyl (C=O) groups excluding carboxylic acids is 1. The maximum Gasteiger partial charge on any atom is 0.162 e. The first-order chi connectivity index (χ1) is 14.8. The second-order valence-corrected chi connectivity index (χ2v) is 8.05. The predicted molar refractivity (Wildman–Crippen MR) is 125 cm³/mol. The van der Waals surface area contributed by atoms with Crippen LogP contribution in [0, 0.1) is 0 Å². The van der Waals surface area contributed by atoms with Crippen LogP contribution in [-0.4, -0.2) is 56.6 Å². The topological polar surface area (TPSA) is 32.8 Å². The van der Waals surface area contributed by atoms with E-state index >= 15 is 0 Å². The van der Waals surface area contributed by atoms with Crippen LogP contribution in [-0.2, 0) is 11.2 Å². The van der Waals surface area contributed by atoms with E-state index in [1.54, 1.807) is 0 Å². The molecule has 1 heterocycles. The van der Waals surface area contributed by atoms with Gasteiger partial charge in [0.25, 0.3) is 0 Å². The van der Waals surface area contributed by atoms with Crippen LogP contribution in [0.15, 0.2) is 54.6 Å². The van der Waals surface area contributed by atoms with Gasteiger partial charge in [-0.1, -0.05) is 37.3 Å². The van der Waals surface area contributed by atoms with Crippen molar-refractivity contribution in [3.05, 3.63) is 65.7 Å².